The van der Waals surface area contributed by atoms with Gasteiger partial charge in [0.05, 0.1) is 17.1 Å². The zero-order chi connectivity index (χ0) is 17.6. The number of nitrogens with zero attached hydrogens (tertiary/aromatic N) is 3. The van der Waals surface area contributed by atoms with Gasteiger partial charge in [0.25, 0.3) is 0 Å². The monoisotopic (exact) mass is 340 g/mol. The van der Waals surface area contributed by atoms with Gasteiger partial charge in [-0.15, -0.1) is 0 Å². The Balaban J connectivity index is 1.73. The summed E-state index contributed by atoms with van der Waals surface area (Å²) in [6.07, 6.45) is 3.35. The molecule has 3 amide bonds. The molecule has 2 aromatic rings. The van der Waals surface area contributed by atoms with Crippen molar-refractivity contribution in [1.82, 2.24) is 15.1 Å². The molecule has 7 heteroatoms. The van der Waals surface area contributed by atoms with Gasteiger partial charge in [0.2, 0.25) is 17.7 Å². The Morgan fingerprint density at radius 2 is 2.00 bits per heavy atom. The summed E-state index contributed by atoms with van der Waals surface area (Å²) in [7, 11) is 1.83. The van der Waals surface area contributed by atoms with E-state index in [-0.39, 0.29) is 17.7 Å². The van der Waals surface area contributed by atoms with Gasteiger partial charge in [0.15, 0.2) is 0 Å². The molecular weight excluding hydrogens is 320 g/mol. The first-order valence-electron chi connectivity index (χ1n) is 8.65. The van der Waals surface area contributed by atoms with Crippen LogP contribution in [0.1, 0.15) is 43.7 Å². The topological polar surface area (TPSA) is 84.3 Å². The van der Waals surface area contributed by atoms with Crippen LogP contribution >= 0.6 is 0 Å². The van der Waals surface area contributed by atoms with Crippen molar-refractivity contribution in [3.63, 3.8) is 0 Å². The van der Waals surface area contributed by atoms with E-state index in [1.54, 1.807) is 4.68 Å². The maximum atomic E-state index is 12.2. The molecule has 2 fully saturated rings. The van der Waals surface area contributed by atoms with Crippen LogP contribution in [0.5, 0.6) is 0 Å². The van der Waals surface area contributed by atoms with Gasteiger partial charge >= 0.3 is 0 Å². The molecule has 0 saturated carbocycles. The van der Waals surface area contributed by atoms with E-state index >= 15 is 0 Å². The predicted octanol–water partition coefficient (Wildman–Crippen LogP) is 1.61. The van der Waals surface area contributed by atoms with Crippen molar-refractivity contribution in [1.29, 1.82) is 0 Å². The summed E-state index contributed by atoms with van der Waals surface area (Å²) in [5, 5.41) is 7.82. The third kappa shape index (κ3) is 2.69. The van der Waals surface area contributed by atoms with Crippen LogP contribution in [-0.2, 0) is 21.4 Å². The van der Waals surface area contributed by atoms with Crippen molar-refractivity contribution in [2.45, 2.75) is 38.0 Å². The molecule has 1 aromatic carbocycles. The Morgan fingerprint density at radius 3 is 2.76 bits per heavy atom. The minimum Gasteiger partial charge on any atom is -0.312 e. The number of nitrogens with one attached hydrogen (secondary N) is 1. The molecule has 4 rings (SSSR count). The van der Waals surface area contributed by atoms with Gasteiger partial charge in [-0.25, -0.2) is 0 Å². The third-order valence-electron chi connectivity index (χ3n) is 5.07. The summed E-state index contributed by atoms with van der Waals surface area (Å²) < 4.78 is 1.74. The van der Waals surface area contributed by atoms with Crippen LogP contribution in [0.3, 0.4) is 0 Å². The largest absolute Gasteiger partial charge is 0.312 e. The predicted molar refractivity (Wildman–Crippen MR) is 92.0 cm³/mol. The van der Waals surface area contributed by atoms with Gasteiger partial charge in [0.1, 0.15) is 0 Å². The first kappa shape index (κ1) is 15.8. The number of hydrogen-bond acceptors (Lipinski definition) is 4. The molecule has 130 valence electrons. The smallest absolute Gasteiger partial charge is 0.235 e. The second-order valence-corrected chi connectivity index (χ2v) is 6.72. The lowest BCUT2D eigenvalue weighted by atomic mass is 9.92. The number of hydrogen-bond donors (Lipinski definition) is 1. The number of benzene rings is 1. The molecule has 3 heterocycles. The van der Waals surface area contributed by atoms with Crippen molar-refractivity contribution in [3.8, 4) is 0 Å². The number of carbonyl (C=O) groups is 3. The van der Waals surface area contributed by atoms with E-state index in [2.05, 4.69) is 10.4 Å². The van der Waals surface area contributed by atoms with Crippen LogP contribution in [0.2, 0.25) is 0 Å². The maximum absolute atomic E-state index is 12.2. The van der Waals surface area contributed by atoms with Crippen molar-refractivity contribution in [3.05, 3.63) is 23.9 Å². The van der Waals surface area contributed by atoms with Gasteiger partial charge in [-0.1, -0.05) is 0 Å². The number of carbonyl (C=O) groups excluding carboxylic acids is 3. The normalized spacial score (nSPS) is 21.7. The molecule has 1 aromatic heterocycles. The summed E-state index contributed by atoms with van der Waals surface area (Å²) in [6, 6.07) is 5.81. The maximum Gasteiger partial charge on any atom is 0.235 e. The minimum atomic E-state index is -0.413. The van der Waals surface area contributed by atoms with Crippen LogP contribution in [0.4, 0.5) is 5.69 Å². The van der Waals surface area contributed by atoms with Crippen molar-refractivity contribution in [2.24, 2.45) is 7.05 Å². The van der Waals surface area contributed by atoms with Crippen molar-refractivity contribution in [2.75, 3.05) is 11.4 Å². The molecule has 1 unspecified atom stereocenters. The molecular formula is C18H20N4O3. The van der Waals surface area contributed by atoms with E-state index < -0.39 is 5.92 Å². The number of aromatic nitrogens is 2. The molecule has 0 spiro atoms. The average molecular weight is 340 g/mol. The van der Waals surface area contributed by atoms with Gasteiger partial charge in [-0.3, -0.25) is 24.4 Å². The first-order valence-corrected chi connectivity index (χ1v) is 8.65. The van der Waals surface area contributed by atoms with Crippen LogP contribution in [0, 0.1) is 0 Å². The van der Waals surface area contributed by atoms with Crippen molar-refractivity contribution < 1.29 is 14.4 Å². The fraction of sp³-hybridized carbons (Fsp3) is 0.444. The van der Waals surface area contributed by atoms with E-state index in [9.17, 15) is 14.4 Å². The summed E-state index contributed by atoms with van der Waals surface area (Å²) in [5.41, 5.74) is 2.45. The molecule has 0 radical (unpaired) electrons. The summed E-state index contributed by atoms with van der Waals surface area (Å²) >= 11 is 0. The average Bonchev–Trinajstić information content (AvgIpc) is 2.91. The van der Waals surface area contributed by atoms with E-state index in [1.807, 2.05) is 30.1 Å². The number of rotatable bonds is 2. The highest BCUT2D eigenvalue weighted by molar-refractivity contribution is 6.03. The number of imide groups is 1. The Hall–Kier alpha value is -2.70. The molecule has 1 N–H and O–H groups in total. The van der Waals surface area contributed by atoms with E-state index in [0.29, 0.717) is 25.0 Å². The second kappa shape index (κ2) is 5.98. The Kier molecular flexibility index (Phi) is 3.78. The Bertz CT molecular complexity index is 886. The van der Waals surface area contributed by atoms with Gasteiger partial charge in [0, 0.05) is 37.5 Å². The summed E-state index contributed by atoms with van der Waals surface area (Å²) in [5.74, 6) is -0.777. The summed E-state index contributed by atoms with van der Waals surface area (Å²) in [6.45, 7) is 0.738. The number of piperidine rings is 2. The molecule has 2 aliphatic heterocycles. The highest BCUT2D eigenvalue weighted by Crippen LogP contribution is 2.32. The minimum absolute atomic E-state index is 0.151. The Labute approximate surface area is 145 Å². The third-order valence-corrected chi connectivity index (χ3v) is 5.07. The standard InChI is InChI=1S/C18H20N4O3/c1-21-14-10-11(22-9-3-2-4-16(22)24)5-6-12(14)17(20-21)13-7-8-15(23)19-18(13)25/h5-6,10,13H,2-4,7-9H2,1H3,(H,19,23,25). The van der Waals surface area contributed by atoms with Gasteiger partial charge in [-0.05, 0) is 37.5 Å². The highest BCUT2D eigenvalue weighted by atomic mass is 16.2. The number of amides is 3. The fourth-order valence-corrected chi connectivity index (χ4v) is 3.73. The molecule has 2 saturated heterocycles. The SMILES string of the molecule is Cn1nc(C2CCC(=O)NC2=O)c2ccc(N3CCCCC3=O)cc21. The lowest BCUT2D eigenvalue weighted by Crippen LogP contribution is -2.39. The quantitative estimate of drug-likeness (QED) is 0.842. The van der Waals surface area contributed by atoms with Crippen LogP contribution in [0.25, 0.3) is 10.9 Å². The highest BCUT2D eigenvalue weighted by Gasteiger charge is 2.31. The molecule has 25 heavy (non-hydrogen) atoms. The second-order valence-electron chi connectivity index (χ2n) is 6.72. The van der Waals surface area contributed by atoms with Gasteiger partial charge < -0.3 is 4.90 Å². The zero-order valence-electron chi connectivity index (χ0n) is 14.1. The molecule has 0 bridgehead atoms. The lowest BCUT2D eigenvalue weighted by Gasteiger charge is -2.26. The van der Waals surface area contributed by atoms with E-state index in [1.165, 1.54) is 0 Å². The number of aryl methyl sites for hydroxylation is 1. The lowest BCUT2D eigenvalue weighted by molar-refractivity contribution is -0.134. The van der Waals surface area contributed by atoms with Crippen molar-refractivity contribution >= 4 is 34.3 Å². The number of anilines is 1. The number of fused-ring (bicyclic) bond motifs is 1. The van der Waals surface area contributed by atoms with Gasteiger partial charge in [-0.2, -0.15) is 5.10 Å². The van der Waals surface area contributed by atoms with E-state index in [4.69, 9.17) is 0 Å². The fourth-order valence-electron chi connectivity index (χ4n) is 3.73. The van der Waals surface area contributed by atoms with Crippen LogP contribution < -0.4 is 10.2 Å². The van der Waals surface area contributed by atoms with Crippen LogP contribution in [-0.4, -0.2) is 34.0 Å². The molecule has 7 nitrogen and oxygen atoms in total. The summed E-state index contributed by atoms with van der Waals surface area (Å²) in [4.78, 5) is 37.5. The Morgan fingerprint density at radius 1 is 1.16 bits per heavy atom. The van der Waals surface area contributed by atoms with Crippen LogP contribution in [0.15, 0.2) is 18.2 Å². The molecule has 0 aliphatic carbocycles. The molecule has 1 atom stereocenters. The zero-order valence-corrected chi connectivity index (χ0v) is 14.1. The first-order chi connectivity index (χ1) is 12.0. The molecule has 2 aliphatic rings. The van der Waals surface area contributed by atoms with E-state index in [0.717, 1.165) is 36.0 Å².